The number of aliphatic imine (C=N–C) groups is 1. The average molecular weight is 236 g/mol. The van der Waals surface area contributed by atoms with Gasteiger partial charge in [-0.15, -0.1) is 0 Å². The van der Waals surface area contributed by atoms with E-state index in [-0.39, 0.29) is 0 Å². The van der Waals surface area contributed by atoms with Gasteiger partial charge in [0.15, 0.2) is 5.96 Å². The van der Waals surface area contributed by atoms with Crippen molar-refractivity contribution >= 4 is 5.96 Å². The molecule has 0 bridgehead atoms. The molecule has 0 amide bonds. The molecular formula is C11H20N6. The quantitative estimate of drug-likeness (QED) is 0.527. The third kappa shape index (κ3) is 4.05. The van der Waals surface area contributed by atoms with E-state index in [1.807, 2.05) is 0 Å². The third-order valence-electron chi connectivity index (χ3n) is 3.05. The highest BCUT2D eigenvalue weighted by molar-refractivity contribution is 5.78. The van der Waals surface area contributed by atoms with Crippen LogP contribution in [0.5, 0.6) is 0 Å². The van der Waals surface area contributed by atoms with Crippen LogP contribution >= 0.6 is 0 Å². The maximum atomic E-state index is 5.84. The number of H-pyrrole nitrogens is 1. The van der Waals surface area contributed by atoms with Crippen LogP contribution < -0.4 is 11.1 Å². The van der Waals surface area contributed by atoms with Crippen molar-refractivity contribution in [3.8, 4) is 0 Å². The Kier molecular flexibility index (Phi) is 4.35. The molecule has 0 radical (unpaired) electrons. The Hall–Kier alpha value is -1.59. The zero-order chi connectivity index (χ0) is 11.9. The lowest BCUT2D eigenvalue weighted by molar-refractivity contribution is 0.412. The van der Waals surface area contributed by atoms with E-state index in [2.05, 4.69) is 25.5 Å². The number of hydrogen-bond acceptors (Lipinski definition) is 3. The highest BCUT2D eigenvalue weighted by Gasteiger charge is 2.13. The minimum absolute atomic E-state index is 0.512. The van der Waals surface area contributed by atoms with Gasteiger partial charge in [-0.1, -0.05) is 19.3 Å². The van der Waals surface area contributed by atoms with E-state index in [0.29, 0.717) is 18.5 Å². The Morgan fingerprint density at radius 3 is 3.00 bits per heavy atom. The molecule has 6 nitrogen and oxygen atoms in total. The normalized spacial score (nSPS) is 18.2. The van der Waals surface area contributed by atoms with Gasteiger partial charge < -0.3 is 11.1 Å². The zero-order valence-electron chi connectivity index (χ0n) is 10.0. The maximum Gasteiger partial charge on any atom is 0.188 e. The molecule has 0 aromatic carbocycles. The highest BCUT2D eigenvalue weighted by Crippen LogP contribution is 2.16. The van der Waals surface area contributed by atoms with Gasteiger partial charge >= 0.3 is 0 Å². The van der Waals surface area contributed by atoms with Gasteiger partial charge in [0.1, 0.15) is 12.2 Å². The second-order valence-corrected chi connectivity index (χ2v) is 4.43. The molecule has 0 spiro atoms. The van der Waals surface area contributed by atoms with E-state index in [1.165, 1.54) is 38.4 Å². The molecule has 17 heavy (non-hydrogen) atoms. The minimum atomic E-state index is 0.512. The fourth-order valence-corrected chi connectivity index (χ4v) is 2.14. The lowest BCUT2D eigenvalue weighted by Gasteiger charge is -2.23. The molecule has 1 aliphatic carbocycles. The van der Waals surface area contributed by atoms with Gasteiger partial charge in [-0.25, -0.2) is 4.98 Å². The summed E-state index contributed by atoms with van der Waals surface area (Å²) >= 11 is 0. The summed E-state index contributed by atoms with van der Waals surface area (Å²) in [6.45, 7) is 0.640. The molecule has 1 saturated carbocycles. The van der Waals surface area contributed by atoms with Crippen LogP contribution in [-0.4, -0.2) is 33.7 Å². The minimum Gasteiger partial charge on any atom is -0.370 e. The van der Waals surface area contributed by atoms with Crippen molar-refractivity contribution in [2.45, 2.75) is 44.6 Å². The number of aromatic nitrogens is 3. The van der Waals surface area contributed by atoms with Crippen LogP contribution in [0.1, 0.15) is 37.9 Å². The number of hydrogen-bond donors (Lipinski definition) is 3. The topological polar surface area (TPSA) is 92.0 Å². The van der Waals surface area contributed by atoms with Crippen molar-refractivity contribution in [1.82, 2.24) is 20.5 Å². The molecule has 1 heterocycles. The number of nitrogens with two attached hydrogens (primary N) is 1. The van der Waals surface area contributed by atoms with E-state index >= 15 is 0 Å². The van der Waals surface area contributed by atoms with Gasteiger partial charge in [0, 0.05) is 19.0 Å². The molecule has 0 aliphatic heterocycles. The summed E-state index contributed by atoms with van der Waals surface area (Å²) in [5, 5.41) is 9.86. The molecule has 6 heteroatoms. The first-order valence-electron chi connectivity index (χ1n) is 6.25. The van der Waals surface area contributed by atoms with Crippen molar-refractivity contribution in [1.29, 1.82) is 0 Å². The van der Waals surface area contributed by atoms with Gasteiger partial charge in [0.2, 0.25) is 0 Å². The molecule has 1 aromatic rings. The van der Waals surface area contributed by atoms with Crippen molar-refractivity contribution in [2.75, 3.05) is 6.54 Å². The summed E-state index contributed by atoms with van der Waals surface area (Å²) in [6, 6.07) is 0.512. The van der Waals surface area contributed by atoms with Crippen molar-refractivity contribution < 1.29 is 0 Å². The fraction of sp³-hybridized carbons (Fsp3) is 0.727. The van der Waals surface area contributed by atoms with Crippen LogP contribution in [0, 0.1) is 0 Å². The SMILES string of the molecule is NC(=NCCc1ncn[nH]1)NC1CCCCC1. The smallest absolute Gasteiger partial charge is 0.188 e. The molecule has 1 aromatic heterocycles. The summed E-state index contributed by atoms with van der Waals surface area (Å²) in [5.74, 6) is 1.40. The molecular weight excluding hydrogens is 216 g/mol. The summed E-state index contributed by atoms with van der Waals surface area (Å²) in [5.41, 5.74) is 5.84. The predicted octanol–water partition coefficient (Wildman–Crippen LogP) is 0.584. The van der Waals surface area contributed by atoms with Crippen LogP contribution in [0.4, 0.5) is 0 Å². The first-order chi connectivity index (χ1) is 8.34. The first kappa shape index (κ1) is 11.9. The summed E-state index contributed by atoms with van der Waals surface area (Å²) in [6.07, 6.45) is 8.60. The Morgan fingerprint density at radius 1 is 1.47 bits per heavy atom. The third-order valence-corrected chi connectivity index (χ3v) is 3.05. The number of aromatic amines is 1. The van der Waals surface area contributed by atoms with Crippen LogP contribution in [0.15, 0.2) is 11.3 Å². The van der Waals surface area contributed by atoms with Gasteiger partial charge in [0.05, 0.1) is 0 Å². The van der Waals surface area contributed by atoms with E-state index in [1.54, 1.807) is 0 Å². The summed E-state index contributed by atoms with van der Waals surface area (Å²) in [7, 11) is 0. The summed E-state index contributed by atoms with van der Waals surface area (Å²) < 4.78 is 0. The van der Waals surface area contributed by atoms with Crippen molar-refractivity contribution in [2.24, 2.45) is 10.7 Å². The van der Waals surface area contributed by atoms with Crippen LogP contribution in [0.3, 0.4) is 0 Å². The maximum absolute atomic E-state index is 5.84. The number of guanidine groups is 1. The first-order valence-corrected chi connectivity index (χ1v) is 6.25. The standard InChI is InChI=1S/C11H20N6/c12-11(16-9-4-2-1-3-5-9)13-7-6-10-14-8-15-17-10/h8-9H,1-7H2,(H3,12,13,16)(H,14,15,17). The van der Waals surface area contributed by atoms with Gasteiger partial charge in [-0.3, -0.25) is 10.1 Å². The Morgan fingerprint density at radius 2 is 2.29 bits per heavy atom. The zero-order valence-corrected chi connectivity index (χ0v) is 10.0. The van der Waals surface area contributed by atoms with E-state index < -0.39 is 0 Å². The summed E-state index contributed by atoms with van der Waals surface area (Å²) in [4.78, 5) is 8.32. The Balaban J connectivity index is 1.69. The lowest BCUT2D eigenvalue weighted by atomic mass is 9.96. The van der Waals surface area contributed by atoms with Gasteiger partial charge in [-0.2, -0.15) is 5.10 Å². The van der Waals surface area contributed by atoms with Crippen molar-refractivity contribution in [3.05, 3.63) is 12.2 Å². The largest absolute Gasteiger partial charge is 0.370 e. The van der Waals surface area contributed by atoms with E-state index in [4.69, 9.17) is 5.73 Å². The molecule has 4 N–H and O–H groups in total. The van der Waals surface area contributed by atoms with Crippen LogP contribution in [0.2, 0.25) is 0 Å². The van der Waals surface area contributed by atoms with E-state index in [9.17, 15) is 0 Å². The van der Waals surface area contributed by atoms with Gasteiger partial charge in [0.25, 0.3) is 0 Å². The number of nitrogens with one attached hydrogen (secondary N) is 2. The molecule has 1 aliphatic rings. The molecule has 0 unspecified atom stereocenters. The molecule has 2 rings (SSSR count). The van der Waals surface area contributed by atoms with Crippen LogP contribution in [-0.2, 0) is 6.42 Å². The monoisotopic (exact) mass is 236 g/mol. The fourth-order valence-electron chi connectivity index (χ4n) is 2.14. The van der Waals surface area contributed by atoms with E-state index in [0.717, 1.165) is 12.2 Å². The number of nitrogens with zero attached hydrogens (tertiary/aromatic N) is 3. The predicted molar refractivity (Wildman–Crippen MR) is 66.6 cm³/mol. The Labute approximate surface area is 101 Å². The molecule has 1 fully saturated rings. The van der Waals surface area contributed by atoms with Gasteiger partial charge in [-0.05, 0) is 12.8 Å². The molecule has 0 saturated heterocycles. The Bertz CT molecular complexity index is 339. The second kappa shape index (κ2) is 6.22. The lowest BCUT2D eigenvalue weighted by Crippen LogP contribution is -2.41. The molecule has 94 valence electrons. The van der Waals surface area contributed by atoms with Crippen LogP contribution in [0.25, 0.3) is 0 Å². The van der Waals surface area contributed by atoms with Crippen molar-refractivity contribution in [3.63, 3.8) is 0 Å². The number of rotatable bonds is 4. The second-order valence-electron chi connectivity index (χ2n) is 4.43. The average Bonchev–Trinajstić information content (AvgIpc) is 2.83. The highest BCUT2D eigenvalue weighted by atomic mass is 15.2. The molecule has 0 atom stereocenters.